The maximum absolute atomic E-state index is 5.10. The highest BCUT2D eigenvalue weighted by atomic mass is 14.9. The zero-order valence-corrected chi connectivity index (χ0v) is 26.5. The van der Waals surface area contributed by atoms with E-state index in [1.807, 2.05) is 48.8 Å². The van der Waals surface area contributed by atoms with Crippen LogP contribution in [0.15, 0.2) is 170 Å². The van der Waals surface area contributed by atoms with Crippen molar-refractivity contribution in [2.75, 3.05) is 0 Å². The average molecular weight is 625 g/mol. The van der Waals surface area contributed by atoms with Crippen LogP contribution in [0.2, 0.25) is 0 Å². The third-order valence-electron chi connectivity index (χ3n) is 10.0. The van der Waals surface area contributed by atoms with E-state index in [1.165, 1.54) is 33.4 Å². The first-order valence-electron chi connectivity index (χ1n) is 16.6. The second-order valence-corrected chi connectivity index (χ2v) is 12.6. The van der Waals surface area contributed by atoms with Crippen LogP contribution in [-0.2, 0) is 5.41 Å². The zero-order valence-electron chi connectivity index (χ0n) is 26.5. The van der Waals surface area contributed by atoms with Gasteiger partial charge in [-0.3, -0.25) is 9.97 Å². The third kappa shape index (κ3) is 4.11. The quantitative estimate of drug-likeness (QED) is 0.196. The van der Waals surface area contributed by atoms with E-state index < -0.39 is 5.41 Å². The molecule has 2 aliphatic rings. The van der Waals surface area contributed by atoms with Crippen molar-refractivity contribution in [2.45, 2.75) is 5.41 Å². The van der Waals surface area contributed by atoms with Gasteiger partial charge < -0.3 is 0 Å². The molecule has 3 aromatic heterocycles. The Balaban J connectivity index is 1.15. The van der Waals surface area contributed by atoms with Crippen molar-refractivity contribution in [1.82, 2.24) is 19.9 Å². The summed E-state index contributed by atoms with van der Waals surface area (Å²) in [7, 11) is 0. The van der Waals surface area contributed by atoms with Crippen molar-refractivity contribution in [3.8, 4) is 67.5 Å². The summed E-state index contributed by atoms with van der Waals surface area (Å²) in [6.45, 7) is 0. The highest BCUT2D eigenvalue weighted by Gasteiger charge is 2.52. The second kappa shape index (κ2) is 10.8. The molecule has 5 aromatic carbocycles. The SMILES string of the molecule is c1ccc(-c2cc(-c3cccc(-c4ccc5c(c4)C4(c6ccccc6-5)c5cccnc5-c5ncccc54)c3)nc(-c3ccccc3)n2)cc1. The van der Waals surface area contributed by atoms with Gasteiger partial charge in [-0.1, -0.05) is 127 Å². The van der Waals surface area contributed by atoms with Crippen molar-refractivity contribution in [2.24, 2.45) is 0 Å². The van der Waals surface area contributed by atoms with Crippen molar-refractivity contribution in [1.29, 1.82) is 0 Å². The molecule has 1 spiro atoms. The van der Waals surface area contributed by atoms with Crippen LogP contribution in [0, 0.1) is 0 Å². The van der Waals surface area contributed by atoms with Gasteiger partial charge in [0.15, 0.2) is 5.82 Å². The molecule has 0 saturated heterocycles. The molecule has 228 valence electrons. The Hall–Kier alpha value is -6.52. The molecular formula is C45H28N4. The lowest BCUT2D eigenvalue weighted by molar-refractivity contribution is 0.789. The van der Waals surface area contributed by atoms with Crippen LogP contribution in [0.25, 0.3) is 67.5 Å². The minimum Gasteiger partial charge on any atom is -0.254 e. The molecule has 0 fully saturated rings. The summed E-state index contributed by atoms with van der Waals surface area (Å²) >= 11 is 0. The molecule has 0 unspecified atom stereocenters. The molecular weight excluding hydrogens is 597 g/mol. The molecule has 4 heteroatoms. The Labute approximate surface area is 284 Å². The van der Waals surface area contributed by atoms with Crippen LogP contribution in [-0.4, -0.2) is 19.9 Å². The summed E-state index contributed by atoms with van der Waals surface area (Å²) < 4.78 is 0. The standard InChI is InChI=1S/C45H28N4/c1-3-12-29(13-4-1)40-28-41(49-44(48-40)30-14-5-2-6-15-30)33-17-9-16-31(26-33)32-22-23-35-34-18-7-8-19-36(34)45(39(35)27-32)37-20-10-24-46-42(37)43-38(45)21-11-25-47-43/h1-28H. The summed E-state index contributed by atoms with van der Waals surface area (Å²) in [6, 6.07) is 55.6. The van der Waals surface area contributed by atoms with Gasteiger partial charge in [0.25, 0.3) is 0 Å². The van der Waals surface area contributed by atoms with Gasteiger partial charge >= 0.3 is 0 Å². The fourth-order valence-electron chi connectivity index (χ4n) is 7.90. The summed E-state index contributed by atoms with van der Waals surface area (Å²) in [5.41, 5.74) is 16.0. The maximum Gasteiger partial charge on any atom is 0.160 e. The van der Waals surface area contributed by atoms with Crippen molar-refractivity contribution in [3.05, 3.63) is 192 Å². The summed E-state index contributed by atoms with van der Waals surface area (Å²) in [5.74, 6) is 0.709. The molecule has 8 aromatic rings. The van der Waals surface area contributed by atoms with Gasteiger partial charge in [0, 0.05) is 29.1 Å². The predicted octanol–water partition coefficient (Wildman–Crippen LogP) is 10.3. The smallest absolute Gasteiger partial charge is 0.160 e. The molecule has 0 bridgehead atoms. The molecule has 0 atom stereocenters. The van der Waals surface area contributed by atoms with Crippen molar-refractivity contribution < 1.29 is 0 Å². The van der Waals surface area contributed by atoms with Gasteiger partial charge in [0.1, 0.15) is 0 Å². The summed E-state index contributed by atoms with van der Waals surface area (Å²) in [4.78, 5) is 19.8. The van der Waals surface area contributed by atoms with Crippen molar-refractivity contribution in [3.63, 3.8) is 0 Å². The van der Waals surface area contributed by atoms with Gasteiger partial charge in [0.2, 0.25) is 0 Å². The summed E-state index contributed by atoms with van der Waals surface area (Å²) in [6.07, 6.45) is 3.75. The number of rotatable bonds is 4. The molecule has 3 heterocycles. The maximum atomic E-state index is 5.10. The fraction of sp³-hybridized carbons (Fsp3) is 0.0222. The van der Waals surface area contributed by atoms with Crippen LogP contribution >= 0.6 is 0 Å². The van der Waals surface area contributed by atoms with Crippen LogP contribution in [0.1, 0.15) is 22.3 Å². The molecule has 0 aliphatic heterocycles. The number of fused-ring (bicyclic) bond motifs is 10. The lowest BCUT2D eigenvalue weighted by Gasteiger charge is -2.30. The molecule has 0 N–H and O–H groups in total. The van der Waals surface area contributed by atoms with Crippen LogP contribution in [0.5, 0.6) is 0 Å². The fourth-order valence-corrected chi connectivity index (χ4v) is 7.90. The lowest BCUT2D eigenvalue weighted by atomic mass is 9.70. The normalized spacial score (nSPS) is 13.1. The van der Waals surface area contributed by atoms with E-state index in [1.54, 1.807) is 0 Å². The van der Waals surface area contributed by atoms with E-state index in [0.717, 1.165) is 50.6 Å². The molecule has 10 rings (SSSR count). The van der Waals surface area contributed by atoms with Gasteiger partial charge in [0.05, 0.1) is 28.2 Å². The Bertz CT molecular complexity index is 2440. The third-order valence-corrected chi connectivity index (χ3v) is 10.0. The average Bonchev–Trinajstić information content (AvgIpc) is 3.66. The second-order valence-electron chi connectivity index (χ2n) is 12.6. The molecule has 2 aliphatic carbocycles. The monoisotopic (exact) mass is 624 g/mol. The number of hydrogen-bond donors (Lipinski definition) is 0. The topological polar surface area (TPSA) is 51.6 Å². The molecule has 0 saturated carbocycles. The Kier molecular flexibility index (Phi) is 6.06. The number of aromatic nitrogens is 4. The first-order valence-corrected chi connectivity index (χ1v) is 16.6. The van der Waals surface area contributed by atoms with Crippen LogP contribution < -0.4 is 0 Å². The van der Waals surface area contributed by atoms with E-state index in [-0.39, 0.29) is 0 Å². The number of pyridine rings is 2. The highest BCUT2D eigenvalue weighted by molar-refractivity contribution is 5.94. The largest absolute Gasteiger partial charge is 0.254 e. The lowest BCUT2D eigenvalue weighted by Crippen LogP contribution is -2.26. The molecule has 0 radical (unpaired) electrons. The highest BCUT2D eigenvalue weighted by Crippen LogP contribution is 2.62. The zero-order chi connectivity index (χ0) is 32.4. The first kappa shape index (κ1) is 27.6. The predicted molar refractivity (Wildman–Crippen MR) is 196 cm³/mol. The van der Waals surface area contributed by atoms with Gasteiger partial charge in [-0.2, -0.15) is 0 Å². The van der Waals surface area contributed by atoms with Gasteiger partial charge in [-0.05, 0) is 74.8 Å². The van der Waals surface area contributed by atoms with Gasteiger partial charge in [-0.25, -0.2) is 9.97 Å². The summed E-state index contributed by atoms with van der Waals surface area (Å²) in [5, 5.41) is 0. The number of nitrogens with zero attached hydrogens (tertiary/aromatic N) is 4. The van der Waals surface area contributed by atoms with Crippen LogP contribution in [0.4, 0.5) is 0 Å². The van der Waals surface area contributed by atoms with Crippen molar-refractivity contribution >= 4 is 0 Å². The molecule has 4 nitrogen and oxygen atoms in total. The minimum absolute atomic E-state index is 0.492. The Morgan fingerprint density at radius 2 is 0.898 bits per heavy atom. The van der Waals surface area contributed by atoms with E-state index in [0.29, 0.717) is 5.82 Å². The Morgan fingerprint density at radius 1 is 0.347 bits per heavy atom. The molecule has 49 heavy (non-hydrogen) atoms. The minimum atomic E-state index is -0.492. The van der Waals surface area contributed by atoms with E-state index >= 15 is 0 Å². The van der Waals surface area contributed by atoms with Gasteiger partial charge in [-0.15, -0.1) is 0 Å². The first-order chi connectivity index (χ1) is 24.3. The van der Waals surface area contributed by atoms with E-state index in [2.05, 4.69) is 121 Å². The van der Waals surface area contributed by atoms with Crippen LogP contribution in [0.3, 0.4) is 0 Å². The van der Waals surface area contributed by atoms with E-state index in [9.17, 15) is 0 Å². The Morgan fingerprint density at radius 3 is 1.63 bits per heavy atom. The molecule has 0 amide bonds. The number of benzene rings is 5. The number of hydrogen-bond acceptors (Lipinski definition) is 4. The van der Waals surface area contributed by atoms with E-state index in [4.69, 9.17) is 19.9 Å².